The molecule has 1 spiro atoms. The predicted octanol–water partition coefficient (Wildman–Crippen LogP) is 3.81. The molecule has 1 aliphatic heterocycles. The van der Waals surface area contributed by atoms with Crippen LogP contribution in [0.1, 0.15) is 71.0 Å². The van der Waals surface area contributed by atoms with Crippen molar-refractivity contribution in [1.82, 2.24) is 14.6 Å². The van der Waals surface area contributed by atoms with E-state index >= 15 is 0 Å². The molecule has 0 saturated carbocycles. The van der Waals surface area contributed by atoms with E-state index in [2.05, 4.69) is 9.71 Å². The first-order chi connectivity index (χ1) is 12.4. The maximum Gasteiger partial charge on any atom is 0.410 e. The van der Waals surface area contributed by atoms with Crippen molar-refractivity contribution in [2.75, 3.05) is 13.1 Å². The summed E-state index contributed by atoms with van der Waals surface area (Å²) in [4.78, 5) is 20.0. The number of thiazole rings is 1. The molecule has 2 atom stereocenters. The molecular formula is C19H31N3O3S2. The second-order valence-electron chi connectivity index (χ2n) is 9.60. The van der Waals surface area contributed by atoms with Gasteiger partial charge in [0, 0.05) is 23.4 Å². The Bertz CT molecular complexity index is 725. The lowest BCUT2D eigenvalue weighted by Gasteiger charge is -2.43. The molecule has 1 unspecified atom stereocenters. The van der Waals surface area contributed by atoms with Gasteiger partial charge >= 0.3 is 6.09 Å². The highest BCUT2D eigenvalue weighted by Crippen LogP contribution is 2.53. The van der Waals surface area contributed by atoms with Gasteiger partial charge in [-0.1, -0.05) is 0 Å². The highest BCUT2D eigenvalue weighted by molar-refractivity contribution is 7.84. The van der Waals surface area contributed by atoms with E-state index < -0.39 is 16.6 Å². The highest BCUT2D eigenvalue weighted by atomic mass is 32.2. The van der Waals surface area contributed by atoms with E-state index in [-0.39, 0.29) is 22.3 Å². The van der Waals surface area contributed by atoms with Gasteiger partial charge in [0.05, 0.1) is 33.0 Å². The van der Waals surface area contributed by atoms with Gasteiger partial charge in [0.2, 0.25) is 0 Å². The number of likely N-dealkylation sites (tertiary alicyclic amines) is 1. The zero-order chi connectivity index (χ0) is 20.0. The average Bonchev–Trinajstić information content (AvgIpc) is 3.07. The van der Waals surface area contributed by atoms with Crippen molar-refractivity contribution < 1.29 is 13.7 Å². The van der Waals surface area contributed by atoms with Crippen molar-refractivity contribution in [3.8, 4) is 0 Å². The minimum Gasteiger partial charge on any atom is -0.444 e. The van der Waals surface area contributed by atoms with Gasteiger partial charge in [-0.15, -0.1) is 11.3 Å². The third-order valence-corrected chi connectivity index (χ3v) is 7.76. The van der Waals surface area contributed by atoms with E-state index in [0.29, 0.717) is 13.1 Å². The van der Waals surface area contributed by atoms with Gasteiger partial charge in [-0.25, -0.2) is 18.7 Å². The van der Waals surface area contributed by atoms with Crippen LogP contribution in [0, 0.1) is 5.41 Å². The van der Waals surface area contributed by atoms with Crippen LogP contribution in [0.15, 0.2) is 5.51 Å². The topological polar surface area (TPSA) is 71.5 Å². The number of rotatable bonds is 2. The van der Waals surface area contributed by atoms with Crippen molar-refractivity contribution in [3.05, 3.63) is 16.1 Å². The van der Waals surface area contributed by atoms with Crippen LogP contribution in [-0.2, 0) is 22.1 Å². The molecule has 2 heterocycles. The molecule has 1 fully saturated rings. The standard InChI is InChI=1S/C19H31N3O3S2/c1-17(2,3)25-16(23)22-9-7-19(8-10-22)11-13-14(26-12-20-13)15(19)21-27(24)18(4,5)6/h12,15,21H,7-11H2,1-6H3/t15?,27-/m1/s1. The van der Waals surface area contributed by atoms with Crippen molar-refractivity contribution in [1.29, 1.82) is 0 Å². The number of ether oxygens (including phenoxy) is 1. The predicted molar refractivity (Wildman–Crippen MR) is 109 cm³/mol. The van der Waals surface area contributed by atoms with E-state index in [1.807, 2.05) is 47.1 Å². The van der Waals surface area contributed by atoms with Crippen LogP contribution < -0.4 is 4.72 Å². The lowest BCUT2D eigenvalue weighted by molar-refractivity contribution is 0.00726. The van der Waals surface area contributed by atoms with E-state index in [1.165, 1.54) is 4.88 Å². The Morgan fingerprint density at radius 1 is 1.30 bits per heavy atom. The molecule has 1 saturated heterocycles. The number of nitrogens with zero attached hydrogens (tertiary/aromatic N) is 2. The number of aromatic nitrogens is 1. The van der Waals surface area contributed by atoms with Crippen LogP contribution in [0.4, 0.5) is 4.79 Å². The van der Waals surface area contributed by atoms with Crippen LogP contribution in [-0.4, -0.2) is 43.6 Å². The maximum atomic E-state index is 12.8. The van der Waals surface area contributed by atoms with Crippen LogP contribution in [0.5, 0.6) is 0 Å². The highest BCUT2D eigenvalue weighted by Gasteiger charge is 2.51. The first-order valence-electron chi connectivity index (χ1n) is 9.50. The molecule has 27 heavy (non-hydrogen) atoms. The van der Waals surface area contributed by atoms with E-state index in [9.17, 15) is 9.00 Å². The van der Waals surface area contributed by atoms with Gasteiger partial charge in [0.25, 0.3) is 0 Å². The summed E-state index contributed by atoms with van der Waals surface area (Å²) in [7, 11) is -1.15. The monoisotopic (exact) mass is 413 g/mol. The minimum absolute atomic E-state index is 0.0286. The number of nitrogens with one attached hydrogen (secondary N) is 1. The Hall–Kier alpha value is -0.990. The minimum atomic E-state index is -1.15. The molecule has 0 bridgehead atoms. The molecule has 3 rings (SSSR count). The lowest BCUT2D eigenvalue weighted by atomic mass is 9.74. The molecule has 1 aliphatic carbocycles. The van der Waals surface area contributed by atoms with Gasteiger partial charge in [-0.3, -0.25) is 0 Å². The van der Waals surface area contributed by atoms with Crippen molar-refractivity contribution in [2.24, 2.45) is 5.41 Å². The quantitative estimate of drug-likeness (QED) is 0.800. The fourth-order valence-electron chi connectivity index (χ4n) is 3.75. The van der Waals surface area contributed by atoms with Gasteiger partial charge < -0.3 is 9.64 Å². The first-order valence-corrected chi connectivity index (χ1v) is 11.5. The summed E-state index contributed by atoms with van der Waals surface area (Å²) >= 11 is 1.64. The van der Waals surface area contributed by atoms with Gasteiger partial charge in [0.1, 0.15) is 5.60 Å². The van der Waals surface area contributed by atoms with Crippen LogP contribution in [0.2, 0.25) is 0 Å². The fourth-order valence-corrected chi connectivity index (χ4v) is 5.76. The zero-order valence-corrected chi connectivity index (χ0v) is 18.8. The largest absolute Gasteiger partial charge is 0.444 e. The number of carbonyl (C=O) groups is 1. The summed E-state index contributed by atoms with van der Waals surface area (Å²) in [5, 5.41) is 0. The number of piperidine rings is 1. The third-order valence-electron chi connectivity index (χ3n) is 5.26. The van der Waals surface area contributed by atoms with Crippen molar-refractivity contribution in [3.63, 3.8) is 0 Å². The normalized spacial score (nSPS) is 23.3. The maximum absolute atomic E-state index is 12.8. The molecule has 0 aromatic carbocycles. The van der Waals surface area contributed by atoms with Crippen LogP contribution in [0.25, 0.3) is 0 Å². The van der Waals surface area contributed by atoms with Gasteiger partial charge in [-0.2, -0.15) is 0 Å². The number of hydrogen-bond acceptors (Lipinski definition) is 5. The van der Waals surface area contributed by atoms with Crippen molar-refractivity contribution in [2.45, 2.75) is 77.2 Å². The molecule has 2 aliphatic rings. The Morgan fingerprint density at radius 2 is 1.93 bits per heavy atom. The average molecular weight is 414 g/mol. The van der Waals surface area contributed by atoms with E-state index in [4.69, 9.17) is 4.74 Å². The summed E-state index contributed by atoms with van der Waals surface area (Å²) < 4.78 is 21.4. The molecule has 6 nitrogen and oxygen atoms in total. The lowest BCUT2D eigenvalue weighted by Crippen LogP contribution is -2.49. The summed E-state index contributed by atoms with van der Waals surface area (Å²) in [5.74, 6) is 0. The molecule has 1 N–H and O–H groups in total. The molecule has 152 valence electrons. The van der Waals surface area contributed by atoms with Crippen LogP contribution >= 0.6 is 11.3 Å². The van der Waals surface area contributed by atoms with E-state index in [1.54, 1.807) is 16.2 Å². The number of hydrogen-bond donors (Lipinski definition) is 1. The summed E-state index contributed by atoms with van der Waals surface area (Å²) in [6.07, 6.45) is 2.35. The SMILES string of the molecule is CC(C)(C)OC(=O)N1CCC2(CC1)Cc1ncsc1C2N[S@](=O)C(C)(C)C. The zero-order valence-electron chi connectivity index (χ0n) is 17.1. The number of fused-ring (bicyclic) bond motifs is 1. The molecule has 1 aromatic heterocycles. The number of carbonyl (C=O) groups excluding carboxylic acids is 1. The van der Waals surface area contributed by atoms with Crippen molar-refractivity contribution >= 4 is 28.4 Å². The summed E-state index contributed by atoms with van der Waals surface area (Å²) in [6.45, 7) is 12.9. The smallest absolute Gasteiger partial charge is 0.410 e. The molecule has 8 heteroatoms. The Balaban J connectivity index is 1.74. The van der Waals surface area contributed by atoms with Crippen LogP contribution in [0.3, 0.4) is 0 Å². The third kappa shape index (κ3) is 4.38. The Morgan fingerprint density at radius 3 is 2.48 bits per heavy atom. The molecule has 0 radical (unpaired) electrons. The Kier molecular flexibility index (Phi) is 5.47. The summed E-state index contributed by atoms with van der Waals surface area (Å²) in [6, 6.07) is 0.0286. The molecule has 1 aromatic rings. The van der Waals surface area contributed by atoms with Gasteiger partial charge in [0.15, 0.2) is 0 Å². The van der Waals surface area contributed by atoms with Gasteiger partial charge in [-0.05, 0) is 60.8 Å². The van der Waals surface area contributed by atoms with E-state index in [0.717, 1.165) is 25.0 Å². The second-order valence-corrected chi connectivity index (χ2v) is 12.5. The second kappa shape index (κ2) is 7.12. The first kappa shape index (κ1) is 20.7. The number of amides is 1. The summed E-state index contributed by atoms with van der Waals surface area (Å²) in [5.41, 5.74) is 2.48. The molecular weight excluding hydrogens is 382 g/mol. The Labute approximate surface area is 168 Å². The molecule has 1 amide bonds. The fraction of sp³-hybridized carbons (Fsp3) is 0.789.